The third-order valence-electron chi connectivity index (χ3n) is 5.56. The van der Waals surface area contributed by atoms with Crippen molar-refractivity contribution in [1.29, 1.82) is 0 Å². The molecule has 4 rings (SSSR count). The number of hydrogen-bond donors (Lipinski definition) is 0. The van der Waals surface area contributed by atoms with Crippen molar-refractivity contribution < 1.29 is 48.1 Å². The first kappa shape index (κ1) is 31.2. The van der Waals surface area contributed by atoms with Crippen LogP contribution in [-0.2, 0) is 29.8 Å². The Labute approximate surface area is 223 Å². The Kier molecular flexibility index (Phi) is 14.8. The van der Waals surface area contributed by atoms with Crippen LogP contribution < -0.4 is 24.8 Å². The molecule has 0 nitrogen and oxygen atoms in total. The molecule has 1 aliphatic carbocycles. The molecule has 170 valence electrons. The molecule has 0 heterocycles. The van der Waals surface area contributed by atoms with Gasteiger partial charge in [0.2, 0.25) is 0 Å². The number of rotatable bonds is 2. The van der Waals surface area contributed by atoms with Crippen molar-refractivity contribution in [2.24, 2.45) is 5.92 Å². The Balaban J connectivity index is 0.000000547. The molecule has 0 radical (unpaired) electrons. The van der Waals surface area contributed by atoms with Crippen LogP contribution >= 0.6 is 0 Å². The third kappa shape index (κ3) is 8.53. The molecular formula is C28H34Cl2SiZr-2. The monoisotopic (exact) mass is 558 g/mol. The second-order valence-corrected chi connectivity index (χ2v) is 17.5. The van der Waals surface area contributed by atoms with Crippen molar-refractivity contribution in [2.75, 3.05) is 0 Å². The van der Waals surface area contributed by atoms with Gasteiger partial charge in [0, 0.05) is 0 Å². The van der Waals surface area contributed by atoms with E-state index in [0.29, 0.717) is 5.92 Å². The SMILES string of the molecule is CC1=[C-]C(C)C(C)=C1C.CCc1[cH-]c2ccccc2c1-c1ccccc1.C[Si](C)=[Zr+2].[Cl-].[Cl-]. The summed E-state index contributed by atoms with van der Waals surface area (Å²) in [6.45, 7) is 15.5. The van der Waals surface area contributed by atoms with Crippen LogP contribution in [0.25, 0.3) is 21.9 Å². The molecule has 1 atom stereocenters. The second kappa shape index (κ2) is 15.2. The predicted octanol–water partition coefficient (Wildman–Crippen LogP) is 2.30. The van der Waals surface area contributed by atoms with Gasteiger partial charge in [-0.25, -0.2) is 5.57 Å². The van der Waals surface area contributed by atoms with Crippen LogP contribution in [0.2, 0.25) is 13.1 Å². The van der Waals surface area contributed by atoms with E-state index >= 15 is 0 Å². The van der Waals surface area contributed by atoms with E-state index in [1.807, 2.05) is 0 Å². The number of allylic oxidation sites excluding steroid dienone is 4. The minimum Gasteiger partial charge on any atom is -1.00 e. The van der Waals surface area contributed by atoms with Gasteiger partial charge in [-0.1, -0.05) is 75.6 Å². The van der Waals surface area contributed by atoms with Gasteiger partial charge in [0.05, 0.1) is 0 Å². The van der Waals surface area contributed by atoms with Gasteiger partial charge in [-0.05, 0) is 6.42 Å². The van der Waals surface area contributed by atoms with Gasteiger partial charge in [-0.3, -0.25) is 6.08 Å². The van der Waals surface area contributed by atoms with Gasteiger partial charge >= 0.3 is 41.9 Å². The molecule has 0 bridgehead atoms. The predicted molar refractivity (Wildman–Crippen MR) is 132 cm³/mol. The summed E-state index contributed by atoms with van der Waals surface area (Å²) in [5.74, 6) is 0.560. The largest absolute Gasteiger partial charge is 1.00 e. The van der Waals surface area contributed by atoms with E-state index < -0.39 is 0 Å². The maximum Gasteiger partial charge on any atom is -1.00 e. The van der Waals surface area contributed by atoms with Crippen LogP contribution in [-0.4, -0.2) is 5.43 Å². The molecule has 0 N–H and O–H groups in total. The molecule has 4 heteroatoms. The first-order chi connectivity index (χ1) is 14.3. The molecule has 0 aliphatic heterocycles. The van der Waals surface area contributed by atoms with Crippen LogP contribution in [0, 0.1) is 12.0 Å². The second-order valence-electron chi connectivity index (χ2n) is 8.15. The van der Waals surface area contributed by atoms with Gasteiger partial charge in [-0.15, -0.1) is 53.1 Å². The van der Waals surface area contributed by atoms with Gasteiger partial charge in [0.15, 0.2) is 0 Å². The van der Waals surface area contributed by atoms with E-state index in [4.69, 9.17) is 0 Å². The normalized spacial score (nSPS) is 14.3. The van der Waals surface area contributed by atoms with E-state index in [-0.39, 0.29) is 30.2 Å². The number of halogens is 2. The number of hydrogen-bond acceptors (Lipinski definition) is 0. The first-order valence-electron chi connectivity index (χ1n) is 10.8. The molecule has 0 saturated heterocycles. The fourth-order valence-electron chi connectivity index (χ4n) is 3.67. The summed E-state index contributed by atoms with van der Waals surface area (Å²) in [7, 11) is 0. The van der Waals surface area contributed by atoms with Gasteiger partial charge < -0.3 is 24.8 Å². The molecule has 32 heavy (non-hydrogen) atoms. The molecule has 0 amide bonds. The van der Waals surface area contributed by atoms with Crippen LogP contribution in [0.1, 0.15) is 40.2 Å². The minimum absolute atomic E-state index is 0. The minimum atomic E-state index is 0. The summed E-state index contributed by atoms with van der Waals surface area (Å²) >= 11 is 1.74. The molecule has 0 saturated carbocycles. The van der Waals surface area contributed by atoms with Gasteiger partial charge in [0.25, 0.3) is 0 Å². The van der Waals surface area contributed by atoms with Crippen molar-refractivity contribution in [3.05, 3.63) is 89.0 Å². The maximum absolute atomic E-state index is 3.36. The Hall–Kier alpha value is -0.790. The Morgan fingerprint density at radius 1 is 0.938 bits per heavy atom. The molecule has 0 fully saturated rings. The van der Waals surface area contributed by atoms with Gasteiger partial charge in [-0.2, -0.15) is 11.1 Å². The van der Waals surface area contributed by atoms with E-state index in [0.717, 1.165) is 6.42 Å². The average Bonchev–Trinajstić information content (AvgIpc) is 3.21. The summed E-state index contributed by atoms with van der Waals surface area (Å²) in [6.07, 6.45) is 4.44. The molecule has 3 aromatic rings. The van der Waals surface area contributed by atoms with Crippen LogP contribution in [0.3, 0.4) is 0 Å². The Bertz CT molecular complexity index is 1060. The zero-order chi connectivity index (χ0) is 22.3. The summed E-state index contributed by atoms with van der Waals surface area (Å²) in [5, 5.41) is 2.72. The molecule has 0 aromatic heterocycles. The third-order valence-corrected chi connectivity index (χ3v) is 5.56. The summed E-state index contributed by atoms with van der Waals surface area (Å²) < 4.78 is 0. The fourth-order valence-corrected chi connectivity index (χ4v) is 3.67. The molecule has 1 unspecified atom stereocenters. The van der Waals surface area contributed by atoms with Crippen molar-refractivity contribution in [1.82, 2.24) is 0 Å². The summed E-state index contributed by atoms with van der Waals surface area (Å²) in [5.41, 5.74) is 8.63. The summed E-state index contributed by atoms with van der Waals surface area (Å²) in [4.78, 5) is 0. The van der Waals surface area contributed by atoms with Crippen molar-refractivity contribution in [3.63, 3.8) is 0 Å². The van der Waals surface area contributed by atoms with Crippen LogP contribution in [0.4, 0.5) is 0 Å². The zero-order valence-corrected chi connectivity index (χ0v) is 25.3. The average molecular weight is 561 g/mol. The quantitative estimate of drug-likeness (QED) is 0.334. The van der Waals surface area contributed by atoms with Crippen molar-refractivity contribution in [3.8, 4) is 11.1 Å². The standard InChI is InChI=1S/C17H15.C9H13.C2H6Si.2ClH.Zr/c1-2-13-12-15-10-6-7-11-16(15)17(13)14-8-4-3-5-9-14;1-6-5-7(2)9(4)8(6)3;1-3-2;;;/h3-12H,2H2,1H3;6H,1-4H3;1-2H3;2*1H;/q2*-1;;;;+2/p-2. The zero-order valence-electron chi connectivity index (χ0n) is 20.3. The van der Waals surface area contributed by atoms with Gasteiger partial charge in [0.1, 0.15) is 0 Å². The van der Waals surface area contributed by atoms with Crippen LogP contribution in [0.5, 0.6) is 0 Å². The maximum atomic E-state index is 3.36. The number of benzene rings is 2. The van der Waals surface area contributed by atoms with Crippen molar-refractivity contribution >= 4 is 16.2 Å². The van der Waals surface area contributed by atoms with E-state index in [1.54, 1.807) is 23.3 Å². The molecule has 1 aliphatic rings. The summed E-state index contributed by atoms with van der Waals surface area (Å²) in [6, 6.07) is 21.6. The topological polar surface area (TPSA) is 0 Å². The van der Waals surface area contributed by atoms with E-state index in [1.165, 1.54) is 44.2 Å². The van der Waals surface area contributed by atoms with Crippen molar-refractivity contribution in [2.45, 2.75) is 54.1 Å². The molecule has 3 aromatic carbocycles. The molecular weight excluding hydrogens is 527 g/mol. The number of aryl methyl sites for hydroxylation is 1. The Morgan fingerprint density at radius 2 is 1.47 bits per heavy atom. The van der Waals surface area contributed by atoms with Crippen LogP contribution in [0.15, 0.2) is 77.4 Å². The van der Waals surface area contributed by atoms with E-state index in [9.17, 15) is 0 Å². The molecule has 0 spiro atoms. The van der Waals surface area contributed by atoms with E-state index in [2.05, 4.69) is 114 Å². The Morgan fingerprint density at radius 3 is 1.91 bits per heavy atom. The first-order valence-corrected chi connectivity index (χ1v) is 17.0. The smallest absolute Gasteiger partial charge is 1.00 e. The fraction of sp³-hybridized carbons (Fsp3) is 0.321. The number of fused-ring (bicyclic) bond motifs is 1.